The number of nitrogens with zero attached hydrogens (tertiary/aromatic N) is 1. The Bertz CT molecular complexity index is 1410. The number of anilines is 1. The number of ether oxygens (including phenoxy) is 2. The molecule has 0 bridgehead atoms. The van der Waals surface area contributed by atoms with Gasteiger partial charge in [0.25, 0.3) is 10.0 Å². The van der Waals surface area contributed by atoms with Crippen molar-refractivity contribution in [1.29, 1.82) is 0 Å². The van der Waals surface area contributed by atoms with Gasteiger partial charge in [-0.15, -0.1) is 24.5 Å². The molecular weight excluding hydrogens is 582 g/mol. The largest absolute Gasteiger partial charge is 0.573 e. The molecule has 1 saturated heterocycles. The van der Waals surface area contributed by atoms with Crippen LogP contribution in [0.4, 0.5) is 32.0 Å². The summed E-state index contributed by atoms with van der Waals surface area (Å²) in [6.45, 7) is 1.07. The summed E-state index contributed by atoms with van der Waals surface area (Å²) in [5.74, 6) is -0.962. The van der Waals surface area contributed by atoms with E-state index in [1.54, 1.807) is 0 Å². The molecule has 6 nitrogen and oxygen atoms in total. The molecule has 1 fully saturated rings. The van der Waals surface area contributed by atoms with Gasteiger partial charge in [0.1, 0.15) is 26.1 Å². The summed E-state index contributed by atoms with van der Waals surface area (Å²) in [6, 6.07) is 8.56. The van der Waals surface area contributed by atoms with Gasteiger partial charge in [0.15, 0.2) is 0 Å². The number of nitrogens with one attached hydrogen (secondary N) is 1. The molecule has 206 valence electrons. The Kier molecular flexibility index (Phi) is 7.81. The molecule has 0 unspecified atom stereocenters. The molecule has 1 atom stereocenters. The van der Waals surface area contributed by atoms with Crippen LogP contribution in [0.1, 0.15) is 12.0 Å². The van der Waals surface area contributed by atoms with Crippen LogP contribution >= 0.6 is 22.9 Å². The molecule has 1 aliphatic rings. The maximum atomic E-state index is 13.5. The number of thiophene rings is 1. The Morgan fingerprint density at radius 3 is 2.32 bits per heavy atom. The summed E-state index contributed by atoms with van der Waals surface area (Å²) < 4.78 is 115. The Morgan fingerprint density at radius 1 is 1.05 bits per heavy atom. The van der Waals surface area contributed by atoms with Gasteiger partial charge >= 0.3 is 12.5 Å². The topological polar surface area (TPSA) is 67.9 Å². The van der Waals surface area contributed by atoms with Gasteiger partial charge in [0.05, 0.1) is 11.3 Å². The lowest BCUT2D eigenvalue weighted by Crippen LogP contribution is -2.23. The van der Waals surface area contributed by atoms with Gasteiger partial charge in [-0.25, -0.2) is 8.42 Å². The third-order valence-corrected chi connectivity index (χ3v) is 8.72. The van der Waals surface area contributed by atoms with Crippen LogP contribution in [0, 0.1) is 0 Å². The first-order valence-corrected chi connectivity index (χ1v) is 13.5. The third-order valence-electron chi connectivity index (χ3n) is 5.51. The zero-order valence-corrected chi connectivity index (χ0v) is 21.7. The van der Waals surface area contributed by atoms with Crippen LogP contribution in [-0.2, 0) is 16.2 Å². The summed E-state index contributed by atoms with van der Waals surface area (Å²) >= 11 is 6.88. The van der Waals surface area contributed by atoms with E-state index in [0.29, 0.717) is 36.4 Å². The SMILES string of the molecule is CN1CC[C@@H](Oc2cc(NS(=O)(=O)c3cc(-c4ccc(OC(F)(F)F)cc4)c(Cl)s3)ccc2C(F)(F)F)C1. The molecule has 0 amide bonds. The van der Waals surface area contributed by atoms with E-state index in [-0.39, 0.29) is 19.8 Å². The second-order valence-electron chi connectivity index (χ2n) is 8.43. The van der Waals surface area contributed by atoms with E-state index in [2.05, 4.69) is 9.46 Å². The maximum Gasteiger partial charge on any atom is 0.573 e. The van der Waals surface area contributed by atoms with Crippen molar-refractivity contribution >= 4 is 38.6 Å². The number of benzene rings is 2. The highest BCUT2D eigenvalue weighted by Gasteiger charge is 2.36. The molecule has 2 heterocycles. The summed E-state index contributed by atoms with van der Waals surface area (Å²) in [7, 11) is -2.48. The van der Waals surface area contributed by atoms with Crippen LogP contribution < -0.4 is 14.2 Å². The molecule has 1 aromatic heterocycles. The number of likely N-dealkylation sites (N-methyl/N-ethyl adjacent to an activating group) is 1. The highest BCUT2D eigenvalue weighted by atomic mass is 35.5. The maximum absolute atomic E-state index is 13.5. The van der Waals surface area contributed by atoms with Crippen LogP contribution in [0.15, 0.2) is 52.7 Å². The van der Waals surface area contributed by atoms with Gasteiger partial charge in [-0.3, -0.25) is 4.72 Å². The minimum Gasteiger partial charge on any atom is -0.488 e. The zero-order valence-electron chi connectivity index (χ0n) is 19.4. The van der Waals surface area contributed by atoms with Gasteiger partial charge in [-0.05, 0) is 49.4 Å². The summed E-state index contributed by atoms with van der Waals surface area (Å²) in [6.07, 6.45) is -9.55. The van der Waals surface area contributed by atoms with Crippen molar-refractivity contribution in [2.75, 3.05) is 24.9 Å². The second kappa shape index (κ2) is 10.5. The number of hydrogen-bond donors (Lipinski definition) is 1. The van der Waals surface area contributed by atoms with Crippen LogP contribution in [0.5, 0.6) is 11.5 Å². The van der Waals surface area contributed by atoms with Crippen molar-refractivity contribution in [1.82, 2.24) is 4.90 Å². The van der Waals surface area contributed by atoms with Crippen LogP contribution in [-0.4, -0.2) is 45.9 Å². The minimum absolute atomic E-state index is 0.0386. The molecule has 1 aliphatic heterocycles. The number of rotatable bonds is 7. The van der Waals surface area contributed by atoms with E-state index >= 15 is 0 Å². The summed E-state index contributed by atoms with van der Waals surface area (Å²) in [4.78, 5) is 1.90. The van der Waals surface area contributed by atoms with E-state index in [4.69, 9.17) is 16.3 Å². The molecule has 1 N–H and O–H groups in total. The average molecular weight is 601 g/mol. The predicted octanol–water partition coefficient (Wildman–Crippen LogP) is 6.87. The minimum atomic E-state index is -4.87. The van der Waals surface area contributed by atoms with Gasteiger partial charge in [0.2, 0.25) is 0 Å². The Hall–Kier alpha value is -2.68. The Balaban J connectivity index is 1.57. The van der Waals surface area contributed by atoms with Crippen LogP contribution in [0.25, 0.3) is 11.1 Å². The van der Waals surface area contributed by atoms with Gasteiger partial charge in [-0.2, -0.15) is 13.2 Å². The summed E-state index contributed by atoms with van der Waals surface area (Å²) in [5.41, 5.74) is -0.625. The highest BCUT2D eigenvalue weighted by molar-refractivity contribution is 7.94. The number of likely N-dealkylation sites (tertiary alicyclic amines) is 1. The van der Waals surface area contributed by atoms with Gasteiger partial charge in [-0.1, -0.05) is 23.7 Å². The van der Waals surface area contributed by atoms with Crippen molar-refractivity contribution in [3.8, 4) is 22.6 Å². The van der Waals surface area contributed by atoms with Crippen LogP contribution in [0.3, 0.4) is 0 Å². The van der Waals surface area contributed by atoms with Crippen molar-refractivity contribution in [3.63, 3.8) is 0 Å². The molecular formula is C23H19ClF6N2O4S2. The first-order valence-electron chi connectivity index (χ1n) is 10.9. The molecule has 4 rings (SSSR count). The van der Waals surface area contributed by atoms with Crippen molar-refractivity contribution in [2.45, 2.75) is 29.3 Å². The molecule has 0 radical (unpaired) electrons. The lowest BCUT2D eigenvalue weighted by Gasteiger charge is -2.19. The van der Waals surface area contributed by atoms with E-state index < -0.39 is 45.7 Å². The molecule has 15 heteroatoms. The number of alkyl halides is 6. The van der Waals surface area contributed by atoms with E-state index in [1.807, 2.05) is 11.9 Å². The van der Waals surface area contributed by atoms with E-state index in [9.17, 15) is 34.8 Å². The Labute approximate surface area is 222 Å². The molecule has 0 saturated carbocycles. The normalized spacial score (nSPS) is 17.0. The third kappa shape index (κ3) is 6.84. The molecule has 2 aromatic carbocycles. The predicted molar refractivity (Wildman–Crippen MR) is 130 cm³/mol. The lowest BCUT2D eigenvalue weighted by atomic mass is 10.1. The van der Waals surface area contributed by atoms with Crippen molar-refractivity contribution in [3.05, 3.63) is 58.4 Å². The van der Waals surface area contributed by atoms with E-state index in [0.717, 1.165) is 30.3 Å². The highest BCUT2D eigenvalue weighted by Crippen LogP contribution is 2.41. The van der Waals surface area contributed by atoms with Crippen LogP contribution in [0.2, 0.25) is 4.34 Å². The van der Waals surface area contributed by atoms with Gasteiger partial charge in [0, 0.05) is 24.7 Å². The van der Waals surface area contributed by atoms with E-state index in [1.165, 1.54) is 18.2 Å². The van der Waals surface area contributed by atoms with Crippen molar-refractivity contribution < 1.29 is 44.2 Å². The molecule has 38 heavy (non-hydrogen) atoms. The first-order chi connectivity index (χ1) is 17.6. The zero-order chi connectivity index (χ0) is 27.9. The fourth-order valence-corrected chi connectivity index (χ4v) is 6.62. The smallest absolute Gasteiger partial charge is 0.488 e. The lowest BCUT2D eigenvalue weighted by molar-refractivity contribution is -0.274. The second-order valence-corrected chi connectivity index (χ2v) is 12.0. The Morgan fingerprint density at radius 2 is 1.74 bits per heavy atom. The summed E-state index contributed by atoms with van der Waals surface area (Å²) in [5, 5.41) is 0. The average Bonchev–Trinajstić information content (AvgIpc) is 3.38. The molecule has 0 spiro atoms. The first kappa shape index (κ1) is 28.3. The van der Waals surface area contributed by atoms with Crippen molar-refractivity contribution in [2.24, 2.45) is 0 Å². The molecule has 3 aromatic rings. The monoisotopic (exact) mass is 600 g/mol. The quantitative estimate of drug-likeness (QED) is 0.300. The fourth-order valence-electron chi connectivity index (χ4n) is 3.81. The fraction of sp³-hybridized carbons (Fsp3) is 0.304. The standard InChI is InChI=1S/C23H19ClF6N2O4S2/c1-32-9-8-16(12-32)35-19-10-14(4-7-18(19)22(25,26)27)31-38(33,34)20-11-17(21(24)37-20)13-2-5-15(6-3-13)36-23(28,29)30/h2-7,10-11,16,31H,8-9,12H2,1H3/t16-/m1/s1. The number of hydrogen-bond acceptors (Lipinski definition) is 6. The molecule has 0 aliphatic carbocycles. The number of halogens is 7. The number of sulfonamides is 1. The van der Waals surface area contributed by atoms with Gasteiger partial charge < -0.3 is 14.4 Å².